The van der Waals surface area contributed by atoms with Gasteiger partial charge in [-0.15, -0.1) is 0 Å². The minimum atomic E-state index is 0.145. The van der Waals surface area contributed by atoms with Crippen molar-refractivity contribution in [3.8, 4) is 0 Å². The van der Waals surface area contributed by atoms with Crippen LogP contribution in [0.25, 0.3) is 10.9 Å². The molecule has 2 aromatic rings. The van der Waals surface area contributed by atoms with Crippen LogP contribution >= 0.6 is 0 Å². The Hall–Kier alpha value is -1.28. The lowest BCUT2D eigenvalue weighted by Gasteiger charge is -2.08. The number of H-pyrrole nitrogens is 1. The molecule has 2 rings (SSSR count). The standard InChI is InChI=1S/C12H16N2/c1-3-10(13)12-8(2)14-11-7-5-4-6-9(11)12/h4-7,10,14H,3,13H2,1-2H3/t10-/m0/s1. The topological polar surface area (TPSA) is 41.8 Å². The Labute approximate surface area is 84.1 Å². The summed E-state index contributed by atoms with van der Waals surface area (Å²) in [4.78, 5) is 3.36. The summed E-state index contributed by atoms with van der Waals surface area (Å²) in [5, 5.41) is 1.26. The molecular formula is C12H16N2. The van der Waals surface area contributed by atoms with E-state index in [-0.39, 0.29) is 6.04 Å². The molecule has 0 fully saturated rings. The molecule has 0 aliphatic heterocycles. The molecule has 2 heteroatoms. The third kappa shape index (κ3) is 1.32. The molecule has 2 nitrogen and oxygen atoms in total. The molecule has 1 heterocycles. The molecule has 0 radical (unpaired) electrons. The molecule has 1 atom stereocenters. The zero-order valence-electron chi connectivity index (χ0n) is 8.67. The quantitative estimate of drug-likeness (QED) is 0.747. The van der Waals surface area contributed by atoms with Gasteiger partial charge in [0.05, 0.1) is 0 Å². The second-order valence-corrected chi connectivity index (χ2v) is 3.72. The molecule has 1 aromatic heterocycles. The van der Waals surface area contributed by atoms with Crippen molar-refractivity contribution in [3.63, 3.8) is 0 Å². The van der Waals surface area contributed by atoms with Crippen molar-refractivity contribution in [2.24, 2.45) is 5.73 Å². The highest BCUT2D eigenvalue weighted by Crippen LogP contribution is 2.27. The summed E-state index contributed by atoms with van der Waals surface area (Å²) in [6.07, 6.45) is 0.975. The smallest absolute Gasteiger partial charge is 0.0459 e. The van der Waals surface area contributed by atoms with Gasteiger partial charge in [0.2, 0.25) is 0 Å². The highest BCUT2D eigenvalue weighted by molar-refractivity contribution is 5.85. The monoisotopic (exact) mass is 188 g/mol. The summed E-state index contributed by atoms with van der Waals surface area (Å²) in [5.74, 6) is 0. The van der Waals surface area contributed by atoms with Crippen LogP contribution < -0.4 is 5.73 Å². The van der Waals surface area contributed by atoms with Crippen LogP contribution in [0.2, 0.25) is 0 Å². The van der Waals surface area contributed by atoms with Crippen LogP contribution in [0.4, 0.5) is 0 Å². The molecular weight excluding hydrogens is 172 g/mol. The van der Waals surface area contributed by atoms with Crippen molar-refractivity contribution in [2.75, 3.05) is 0 Å². The molecule has 0 unspecified atom stereocenters. The maximum Gasteiger partial charge on any atom is 0.0459 e. The molecule has 0 aliphatic carbocycles. The van der Waals surface area contributed by atoms with E-state index in [0.717, 1.165) is 6.42 Å². The maximum atomic E-state index is 6.09. The number of aryl methyl sites for hydroxylation is 1. The number of nitrogens with one attached hydrogen (secondary N) is 1. The predicted molar refractivity (Wildman–Crippen MR) is 60.3 cm³/mol. The van der Waals surface area contributed by atoms with E-state index < -0.39 is 0 Å². The summed E-state index contributed by atoms with van der Waals surface area (Å²) < 4.78 is 0. The van der Waals surface area contributed by atoms with Gasteiger partial charge in [-0.2, -0.15) is 0 Å². The summed E-state index contributed by atoms with van der Waals surface area (Å²) in [5.41, 5.74) is 9.73. The van der Waals surface area contributed by atoms with E-state index in [9.17, 15) is 0 Å². The Morgan fingerprint density at radius 2 is 2.07 bits per heavy atom. The van der Waals surface area contributed by atoms with Gasteiger partial charge in [0, 0.05) is 22.6 Å². The second-order valence-electron chi connectivity index (χ2n) is 3.72. The molecule has 74 valence electrons. The fourth-order valence-electron chi connectivity index (χ4n) is 1.98. The molecule has 0 bridgehead atoms. The van der Waals surface area contributed by atoms with Gasteiger partial charge in [0.1, 0.15) is 0 Å². The SMILES string of the molecule is CC[C@H](N)c1c(C)[nH]c2ccccc12. The maximum absolute atomic E-state index is 6.09. The van der Waals surface area contributed by atoms with Crippen molar-refractivity contribution < 1.29 is 0 Å². The van der Waals surface area contributed by atoms with Crippen LogP contribution in [-0.2, 0) is 0 Å². The number of hydrogen-bond acceptors (Lipinski definition) is 1. The van der Waals surface area contributed by atoms with Crippen LogP contribution in [0.3, 0.4) is 0 Å². The molecule has 14 heavy (non-hydrogen) atoms. The third-order valence-electron chi connectivity index (χ3n) is 2.75. The highest BCUT2D eigenvalue weighted by Gasteiger charge is 2.12. The molecule has 0 saturated heterocycles. The number of benzene rings is 1. The van der Waals surface area contributed by atoms with E-state index in [2.05, 4.69) is 37.0 Å². The van der Waals surface area contributed by atoms with Crippen molar-refractivity contribution in [1.82, 2.24) is 4.98 Å². The predicted octanol–water partition coefficient (Wildman–Crippen LogP) is 2.89. The zero-order valence-corrected chi connectivity index (χ0v) is 8.67. The Kier molecular flexibility index (Phi) is 2.30. The normalized spacial score (nSPS) is 13.4. The molecule has 1 aromatic carbocycles. The number of aromatic nitrogens is 1. The average molecular weight is 188 g/mol. The fourth-order valence-corrected chi connectivity index (χ4v) is 1.98. The van der Waals surface area contributed by atoms with Crippen LogP contribution in [0.15, 0.2) is 24.3 Å². The first kappa shape index (κ1) is 9.28. The minimum Gasteiger partial charge on any atom is -0.358 e. The number of hydrogen-bond donors (Lipinski definition) is 2. The number of aromatic amines is 1. The Morgan fingerprint density at radius 3 is 2.79 bits per heavy atom. The minimum absolute atomic E-state index is 0.145. The lowest BCUT2D eigenvalue weighted by Crippen LogP contribution is -2.09. The molecule has 0 spiro atoms. The van der Waals surface area contributed by atoms with Gasteiger partial charge >= 0.3 is 0 Å². The van der Waals surface area contributed by atoms with E-state index in [4.69, 9.17) is 5.73 Å². The van der Waals surface area contributed by atoms with Crippen molar-refractivity contribution in [2.45, 2.75) is 26.3 Å². The van der Waals surface area contributed by atoms with E-state index in [1.54, 1.807) is 0 Å². The van der Waals surface area contributed by atoms with Crippen LogP contribution in [0, 0.1) is 6.92 Å². The van der Waals surface area contributed by atoms with Crippen LogP contribution in [-0.4, -0.2) is 4.98 Å². The van der Waals surface area contributed by atoms with Crippen molar-refractivity contribution >= 4 is 10.9 Å². The highest BCUT2D eigenvalue weighted by atomic mass is 14.7. The number of nitrogens with two attached hydrogens (primary N) is 1. The number of para-hydroxylation sites is 1. The van der Waals surface area contributed by atoms with Gasteiger partial charge in [0.15, 0.2) is 0 Å². The van der Waals surface area contributed by atoms with Crippen molar-refractivity contribution in [3.05, 3.63) is 35.5 Å². The molecule has 0 saturated carbocycles. The Balaban J connectivity index is 2.67. The first-order chi connectivity index (χ1) is 6.74. The Bertz CT molecular complexity index is 443. The second kappa shape index (κ2) is 3.46. The number of rotatable bonds is 2. The van der Waals surface area contributed by atoms with Crippen molar-refractivity contribution in [1.29, 1.82) is 0 Å². The van der Waals surface area contributed by atoms with E-state index in [1.807, 2.05) is 6.07 Å². The lowest BCUT2D eigenvalue weighted by molar-refractivity contribution is 0.699. The third-order valence-corrected chi connectivity index (χ3v) is 2.75. The van der Waals surface area contributed by atoms with Gasteiger partial charge in [-0.1, -0.05) is 25.1 Å². The van der Waals surface area contributed by atoms with Gasteiger partial charge in [-0.25, -0.2) is 0 Å². The van der Waals surface area contributed by atoms with Crippen LogP contribution in [0.1, 0.15) is 30.6 Å². The summed E-state index contributed by atoms with van der Waals surface area (Å²) in [6.45, 7) is 4.21. The summed E-state index contributed by atoms with van der Waals surface area (Å²) in [7, 11) is 0. The zero-order chi connectivity index (χ0) is 10.1. The molecule has 0 aliphatic rings. The first-order valence-corrected chi connectivity index (χ1v) is 5.06. The van der Waals surface area contributed by atoms with Gasteiger partial charge < -0.3 is 10.7 Å². The van der Waals surface area contributed by atoms with E-state index in [0.29, 0.717) is 0 Å². The van der Waals surface area contributed by atoms with Crippen LogP contribution in [0.5, 0.6) is 0 Å². The van der Waals surface area contributed by atoms with Gasteiger partial charge in [-0.3, -0.25) is 0 Å². The number of fused-ring (bicyclic) bond motifs is 1. The average Bonchev–Trinajstić information content (AvgIpc) is 2.53. The van der Waals surface area contributed by atoms with E-state index >= 15 is 0 Å². The van der Waals surface area contributed by atoms with E-state index in [1.165, 1.54) is 22.2 Å². The molecule has 3 N–H and O–H groups in total. The summed E-state index contributed by atoms with van der Waals surface area (Å²) >= 11 is 0. The first-order valence-electron chi connectivity index (χ1n) is 5.06. The van der Waals surface area contributed by atoms with Gasteiger partial charge in [-0.05, 0) is 25.0 Å². The largest absolute Gasteiger partial charge is 0.358 e. The lowest BCUT2D eigenvalue weighted by atomic mass is 10.0. The summed E-state index contributed by atoms with van der Waals surface area (Å²) in [6, 6.07) is 8.46. The van der Waals surface area contributed by atoms with Gasteiger partial charge in [0.25, 0.3) is 0 Å². The molecule has 0 amide bonds. The Morgan fingerprint density at radius 1 is 1.36 bits per heavy atom. The fraction of sp³-hybridized carbons (Fsp3) is 0.333.